The summed E-state index contributed by atoms with van der Waals surface area (Å²) in [4.78, 5) is 40.4. The lowest BCUT2D eigenvalue weighted by Crippen LogP contribution is -2.52. The highest BCUT2D eigenvalue weighted by atomic mass is 16.2. The maximum atomic E-state index is 12.5. The fourth-order valence-corrected chi connectivity index (χ4v) is 3.20. The molecule has 1 aliphatic heterocycles. The second kappa shape index (κ2) is 8.99. The van der Waals surface area contributed by atoms with E-state index in [-0.39, 0.29) is 30.2 Å². The van der Waals surface area contributed by atoms with Crippen LogP contribution in [0.3, 0.4) is 0 Å². The van der Waals surface area contributed by atoms with Gasteiger partial charge in [0.25, 0.3) is 5.91 Å². The summed E-state index contributed by atoms with van der Waals surface area (Å²) in [5.41, 5.74) is 0.592. The Morgan fingerprint density at radius 1 is 1.07 bits per heavy atom. The summed E-state index contributed by atoms with van der Waals surface area (Å²) in [6.07, 6.45) is 2.46. The van der Waals surface area contributed by atoms with Gasteiger partial charge in [0.2, 0.25) is 11.8 Å². The summed E-state index contributed by atoms with van der Waals surface area (Å²) in [5.74, 6) is -0.0464. The standard InChI is InChI=1S/C20H28N4O3/c1-15(21-20(27)16-5-3-2-4-6-16)13-19(26)24-11-9-23(10-12-24)14-18(25)22-17-7-8-17/h2-6,15,17H,7-14H2,1H3,(H,21,27)(H,22,25). The molecule has 2 fully saturated rings. The molecule has 146 valence electrons. The normalized spacial score (nSPS) is 18.6. The van der Waals surface area contributed by atoms with Crippen LogP contribution in [0.25, 0.3) is 0 Å². The van der Waals surface area contributed by atoms with E-state index in [4.69, 9.17) is 0 Å². The Hall–Kier alpha value is -2.41. The van der Waals surface area contributed by atoms with Gasteiger partial charge in [0.15, 0.2) is 0 Å². The number of amides is 3. The molecule has 3 rings (SSSR count). The monoisotopic (exact) mass is 372 g/mol. The smallest absolute Gasteiger partial charge is 0.251 e. The molecule has 7 nitrogen and oxygen atoms in total. The zero-order valence-corrected chi connectivity index (χ0v) is 15.8. The third kappa shape index (κ3) is 6.06. The summed E-state index contributed by atoms with van der Waals surface area (Å²) in [6, 6.07) is 9.15. The molecule has 0 spiro atoms. The SMILES string of the molecule is CC(CC(=O)N1CCN(CC(=O)NC2CC2)CC1)NC(=O)c1ccccc1. The molecule has 1 aromatic carbocycles. The summed E-state index contributed by atoms with van der Waals surface area (Å²) in [7, 11) is 0. The Bertz CT molecular complexity index is 667. The van der Waals surface area contributed by atoms with Crippen molar-refractivity contribution in [2.24, 2.45) is 0 Å². The summed E-state index contributed by atoms with van der Waals surface area (Å²) in [5, 5.41) is 5.87. The van der Waals surface area contributed by atoms with E-state index in [0.717, 1.165) is 12.8 Å². The van der Waals surface area contributed by atoms with Crippen LogP contribution < -0.4 is 10.6 Å². The Morgan fingerprint density at radius 3 is 2.37 bits per heavy atom. The highest BCUT2D eigenvalue weighted by Gasteiger charge is 2.26. The van der Waals surface area contributed by atoms with Gasteiger partial charge in [0.1, 0.15) is 0 Å². The maximum Gasteiger partial charge on any atom is 0.251 e. The van der Waals surface area contributed by atoms with Crippen LogP contribution >= 0.6 is 0 Å². The van der Waals surface area contributed by atoms with Gasteiger partial charge in [0.05, 0.1) is 6.54 Å². The lowest BCUT2D eigenvalue weighted by molar-refractivity contribution is -0.133. The number of piperazine rings is 1. The van der Waals surface area contributed by atoms with Crippen molar-refractivity contribution in [3.63, 3.8) is 0 Å². The van der Waals surface area contributed by atoms with Crippen molar-refractivity contribution in [3.8, 4) is 0 Å². The minimum absolute atomic E-state index is 0.0398. The molecular formula is C20H28N4O3. The van der Waals surface area contributed by atoms with E-state index in [1.807, 2.05) is 30.0 Å². The number of hydrogen-bond acceptors (Lipinski definition) is 4. The molecule has 2 aliphatic rings. The first-order chi connectivity index (χ1) is 13.0. The topological polar surface area (TPSA) is 81.8 Å². The number of nitrogens with one attached hydrogen (secondary N) is 2. The van der Waals surface area contributed by atoms with E-state index in [1.165, 1.54) is 0 Å². The average molecular weight is 372 g/mol. The van der Waals surface area contributed by atoms with Crippen LogP contribution in [0, 0.1) is 0 Å². The molecular weight excluding hydrogens is 344 g/mol. The highest BCUT2D eigenvalue weighted by Crippen LogP contribution is 2.18. The second-order valence-corrected chi connectivity index (χ2v) is 7.44. The lowest BCUT2D eigenvalue weighted by atomic mass is 10.1. The quantitative estimate of drug-likeness (QED) is 0.735. The Kier molecular flexibility index (Phi) is 6.45. The predicted octanol–water partition coefficient (Wildman–Crippen LogP) is 0.618. The molecule has 1 unspecified atom stereocenters. The molecule has 1 atom stereocenters. The van der Waals surface area contributed by atoms with Gasteiger partial charge in [-0.15, -0.1) is 0 Å². The van der Waals surface area contributed by atoms with E-state index < -0.39 is 0 Å². The molecule has 0 aromatic heterocycles. The van der Waals surface area contributed by atoms with Crippen molar-refractivity contribution >= 4 is 17.7 Å². The maximum absolute atomic E-state index is 12.5. The average Bonchev–Trinajstić information content (AvgIpc) is 3.46. The number of carbonyl (C=O) groups is 3. The molecule has 3 amide bonds. The number of rotatable bonds is 7. The largest absolute Gasteiger partial charge is 0.352 e. The van der Waals surface area contributed by atoms with E-state index in [9.17, 15) is 14.4 Å². The van der Waals surface area contributed by atoms with Crippen LogP contribution in [0.15, 0.2) is 30.3 Å². The van der Waals surface area contributed by atoms with Crippen molar-refractivity contribution in [2.75, 3.05) is 32.7 Å². The first kappa shape index (κ1) is 19.4. The lowest BCUT2D eigenvalue weighted by Gasteiger charge is -2.34. The van der Waals surface area contributed by atoms with Crippen molar-refractivity contribution in [2.45, 2.75) is 38.3 Å². The van der Waals surface area contributed by atoms with Crippen LogP contribution in [0.2, 0.25) is 0 Å². The molecule has 27 heavy (non-hydrogen) atoms. The number of nitrogens with zero attached hydrogens (tertiary/aromatic N) is 2. The van der Waals surface area contributed by atoms with Crippen LogP contribution in [-0.2, 0) is 9.59 Å². The zero-order chi connectivity index (χ0) is 19.2. The molecule has 7 heteroatoms. The van der Waals surface area contributed by atoms with Crippen molar-refractivity contribution < 1.29 is 14.4 Å². The van der Waals surface area contributed by atoms with Crippen LogP contribution in [0.1, 0.15) is 36.5 Å². The van der Waals surface area contributed by atoms with Gasteiger partial charge in [-0.1, -0.05) is 18.2 Å². The second-order valence-electron chi connectivity index (χ2n) is 7.44. The van der Waals surface area contributed by atoms with E-state index in [1.54, 1.807) is 12.1 Å². The fourth-order valence-electron chi connectivity index (χ4n) is 3.20. The van der Waals surface area contributed by atoms with E-state index >= 15 is 0 Å². The van der Waals surface area contributed by atoms with Crippen molar-refractivity contribution in [1.82, 2.24) is 20.4 Å². The number of hydrogen-bond donors (Lipinski definition) is 2. The Labute approximate surface area is 160 Å². The Morgan fingerprint density at radius 2 is 1.74 bits per heavy atom. The van der Waals surface area contributed by atoms with Gasteiger partial charge in [-0.25, -0.2) is 0 Å². The van der Waals surface area contributed by atoms with Gasteiger partial charge in [0, 0.05) is 50.2 Å². The van der Waals surface area contributed by atoms with Gasteiger partial charge in [-0.3, -0.25) is 19.3 Å². The molecule has 0 bridgehead atoms. The van der Waals surface area contributed by atoms with Gasteiger partial charge >= 0.3 is 0 Å². The fraction of sp³-hybridized carbons (Fsp3) is 0.550. The molecule has 1 aromatic rings. The minimum Gasteiger partial charge on any atom is -0.352 e. The van der Waals surface area contributed by atoms with Gasteiger partial charge < -0.3 is 15.5 Å². The van der Waals surface area contributed by atoms with E-state index in [2.05, 4.69) is 15.5 Å². The Balaban J connectivity index is 1.37. The third-order valence-corrected chi connectivity index (χ3v) is 4.93. The summed E-state index contributed by atoms with van der Waals surface area (Å²) < 4.78 is 0. The van der Waals surface area contributed by atoms with Gasteiger partial charge in [-0.2, -0.15) is 0 Å². The summed E-state index contributed by atoms with van der Waals surface area (Å²) in [6.45, 7) is 4.90. The molecule has 2 N–H and O–H groups in total. The minimum atomic E-state index is -0.229. The highest BCUT2D eigenvalue weighted by molar-refractivity contribution is 5.94. The number of benzene rings is 1. The predicted molar refractivity (Wildman–Crippen MR) is 102 cm³/mol. The summed E-state index contributed by atoms with van der Waals surface area (Å²) >= 11 is 0. The number of carbonyl (C=O) groups excluding carboxylic acids is 3. The van der Waals surface area contributed by atoms with Crippen molar-refractivity contribution in [3.05, 3.63) is 35.9 Å². The van der Waals surface area contributed by atoms with Crippen LogP contribution in [0.5, 0.6) is 0 Å². The third-order valence-electron chi connectivity index (χ3n) is 4.93. The van der Waals surface area contributed by atoms with E-state index in [0.29, 0.717) is 44.3 Å². The van der Waals surface area contributed by atoms with Crippen molar-refractivity contribution in [1.29, 1.82) is 0 Å². The first-order valence-electron chi connectivity index (χ1n) is 9.66. The first-order valence-corrected chi connectivity index (χ1v) is 9.66. The molecule has 1 saturated carbocycles. The van der Waals surface area contributed by atoms with Crippen LogP contribution in [0.4, 0.5) is 0 Å². The molecule has 1 heterocycles. The van der Waals surface area contributed by atoms with Gasteiger partial charge in [-0.05, 0) is 31.9 Å². The molecule has 1 saturated heterocycles. The van der Waals surface area contributed by atoms with Crippen LogP contribution in [-0.4, -0.2) is 72.3 Å². The molecule has 0 radical (unpaired) electrons. The zero-order valence-electron chi connectivity index (χ0n) is 15.8. The molecule has 1 aliphatic carbocycles.